The van der Waals surface area contributed by atoms with E-state index in [1.807, 2.05) is 0 Å². The minimum Gasteiger partial charge on any atom is -0.354 e. The molecule has 0 radical (unpaired) electrons. The zero-order chi connectivity index (χ0) is 19.3. The average Bonchev–Trinajstić information content (AvgIpc) is 2.53. The summed E-state index contributed by atoms with van der Waals surface area (Å²) in [6.07, 6.45) is 1.12. The van der Waals surface area contributed by atoms with Crippen molar-refractivity contribution in [1.29, 1.82) is 0 Å². The Morgan fingerprint density at radius 2 is 1.92 bits per heavy atom. The van der Waals surface area contributed by atoms with Gasteiger partial charge in [0.1, 0.15) is 5.82 Å². The molecular formula is C18H20ClFN2O3S. The van der Waals surface area contributed by atoms with Gasteiger partial charge in [0.25, 0.3) is 0 Å². The standard InChI is InChI=1S/C18H20ClFN2O3S/c1-13-16(19)7-4-8-17(13)22(26(2,24)25)10-9-21-18(23)12-14-5-3-6-15(20)11-14/h3-8,11H,9-10,12H2,1-2H3,(H,21,23). The second kappa shape index (κ2) is 8.51. The van der Waals surface area contributed by atoms with E-state index in [0.29, 0.717) is 21.8 Å². The van der Waals surface area contributed by atoms with Crippen molar-refractivity contribution in [3.63, 3.8) is 0 Å². The summed E-state index contributed by atoms with van der Waals surface area (Å²) in [5.41, 5.74) is 1.67. The van der Waals surface area contributed by atoms with Crippen LogP contribution >= 0.6 is 11.6 Å². The van der Waals surface area contributed by atoms with Crippen LogP contribution in [-0.4, -0.2) is 33.7 Å². The van der Waals surface area contributed by atoms with Gasteiger partial charge in [-0.25, -0.2) is 12.8 Å². The quantitative estimate of drug-likeness (QED) is 0.779. The Bertz CT molecular complexity index is 903. The third kappa shape index (κ3) is 5.44. The van der Waals surface area contributed by atoms with Crippen LogP contribution in [0.15, 0.2) is 42.5 Å². The summed E-state index contributed by atoms with van der Waals surface area (Å²) in [5, 5.41) is 3.12. The highest BCUT2D eigenvalue weighted by atomic mass is 35.5. The number of benzene rings is 2. The Morgan fingerprint density at radius 1 is 1.23 bits per heavy atom. The number of carbonyl (C=O) groups excluding carboxylic acids is 1. The number of nitrogens with zero attached hydrogens (tertiary/aromatic N) is 1. The van der Waals surface area contributed by atoms with E-state index in [1.165, 1.54) is 22.5 Å². The topological polar surface area (TPSA) is 66.5 Å². The van der Waals surface area contributed by atoms with Crippen molar-refractivity contribution >= 4 is 33.2 Å². The lowest BCUT2D eigenvalue weighted by Gasteiger charge is -2.24. The smallest absolute Gasteiger partial charge is 0.232 e. The van der Waals surface area contributed by atoms with Gasteiger partial charge in [0.05, 0.1) is 24.9 Å². The molecule has 0 fully saturated rings. The van der Waals surface area contributed by atoms with Crippen molar-refractivity contribution in [1.82, 2.24) is 5.32 Å². The highest BCUT2D eigenvalue weighted by Gasteiger charge is 2.20. The summed E-state index contributed by atoms with van der Waals surface area (Å²) in [6, 6.07) is 10.8. The second-order valence-corrected chi connectivity index (χ2v) is 8.19. The summed E-state index contributed by atoms with van der Waals surface area (Å²) >= 11 is 6.07. The van der Waals surface area contributed by atoms with Crippen molar-refractivity contribution < 1.29 is 17.6 Å². The highest BCUT2D eigenvalue weighted by molar-refractivity contribution is 7.92. The molecule has 140 valence electrons. The molecule has 1 amide bonds. The maximum absolute atomic E-state index is 13.1. The Balaban J connectivity index is 2.02. The number of sulfonamides is 1. The lowest BCUT2D eigenvalue weighted by atomic mass is 10.1. The molecule has 0 aliphatic heterocycles. The van der Waals surface area contributed by atoms with Crippen LogP contribution in [-0.2, 0) is 21.2 Å². The fraction of sp³-hybridized carbons (Fsp3) is 0.278. The molecule has 5 nitrogen and oxygen atoms in total. The second-order valence-electron chi connectivity index (χ2n) is 5.88. The van der Waals surface area contributed by atoms with E-state index in [4.69, 9.17) is 11.6 Å². The predicted octanol–water partition coefficient (Wildman–Crippen LogP) is 2.91. The fourth-order valence-electron chi connectivity index (χ4n) is 2.52. The summed E-state index contributed by atoms with van der Waals surface area (Å²) in [6.45, 7) is 1.92. The fourth-order valence-corrected chi connectivity index (χ4v) is 3.67. The van der Waals surface area contributed by atoms with E-state index in [-0.39, 0.29) is 25.4 Å². The number of halogens is 2. The minimum absolute atomic E-state index is 0.0207. The van der Waals surface area contributed by atoms with Gasteiger partial charge < -0.3 is 5.32 Å². The molecule has 8 heteroatoms. The molecule has 0 aromatic heterocycles. The first kappa shape index (κ1) is 20.2. The van der Waals surface area contributed by atoms with Crippen molar-refractivity contribution in [2.45, 2.75) is 13.3 Å². The van der Waals surface area contributed by atoms with Crippen molar-refractivity contribution in [3.05, 3.63) is 64.4 Å². The Hall–Kier alpha value is -2.12. The summed E-state index contributed by atoms with van der Waals surface area (Å²) in [4.78, 5) is 12.0. The van der Waals surface area contributed by atoms with Gasteiger partial charge in [-0.1, -0.05) is 29.8 Å². The normalized spacial score (nSPS) is 11.2. The van der Waals surface area contributed by atoms with Crippen molar-refractivity contribution in [3.8, 4) is 0 Å². The van der Waals surface area contributed by atoms with Gasteiger partial charge in [-0.15, -0.1) is 0 Å². The highest BCUT2D eigenvalue weighted by Crippen LogP contribution is 2.27. The molecule has 0 atom stereocenters. The van der Waals surface area contributed by atoms with Crippen LogP contribution in [0.1, 0.15) is 11.1 Å². The van der Waals surface area contributed by atoms with Gasteiger partial charge in [-0.2, -0.15) is 0 Å². The first-order chi connectivity index (χ1) is 12.2. The molecule has 0 aliphatic carbocycles. The molecule has 0 heterocycles. The van der Waals surface area contributed by atoms with E-state index >= 15 is 0 Å². The Kier molecular flexibility index (Phi) is 6.61. The molecule has 0 bridgehead atoms. The molecule has 2 aromatic carbocycles. The number of anilines is 1. The first-order valence-corrected chi connectivity index (χ1v) is 10.1. The monoisotopic (exact) mass is 398 g/mol. The van der Waals surface area contributed by atoms with Crippen LogP contribution in [0.2, 0.25) is 5.02 Å². The van der Waals surface area contributed by atoms with Gasteiger partial charge >= 0.3 is 0 Å². The molecule has 0 spiro atoms. The molecule has 2 aromatic rings. The van der Waals surface area contributed by atoms with Crippen molar-refractivity contribution in [2.75, 3.05) is 23.7 Å². The number of hydrogen-bond donors (Lipinski definition) is 1. The van der Waals surface area contributed by atoms with Gasteiger partial charge in [0.15, 0.2) is 0 Å². The Labute approximate surface area is 157 Å². The molecule has 0 unspecified atom stereocenters. The van der Waals surface area contributed by atoms with Gasteiger partial charge in [0.2, 0.25) is 15.9 Å². The third-order valence-corrected chi connectivity index (χ3v) is 5.39. The van der Waals surface area contributed by atoms with Gasteiger partial charge in [-0.05, 0) is 42.3 Å². The zero-order valence-electron chi connectivity index (χ0n) is 14.5. The number of nitrogens with one attached hydrogen (secondary N) is 1. The average molecular weight is 399 g/mol. The van der Waals surface area contributed by atoms with E-state index in [2.05, 4.69) is 5.32 Å². The molecule has 0 saturated carbocycles. The first-order valence-electron chi connectivity index (χ1n) is 7.92. The molecule has 1 N–H and O–H groups in total. The molecular weight excluding hydrogens is 379 g/mol. The zero-order valence-corrected chi connectivity index (χ0v) is 16.1. The molecule has 26 heavy (non-hydrogen) atoms. The van der Waals surface area contributed by atoms with E-state index < -0.39 is 15.8 Å². The van der Waals surface area contributed by atoms with Gasteiger partial charge in [0, 0.05) is 11.6 Å². The van der Waals surface area contributed by atoms with E-state index in [1.54, 1.807) is 31.2 Å². The number of rotatable bonds is 7. The lowest BCUT2D eigenvalue weighted by molar-refractivity contribution is -0.120. The number of amides is 1. The third-order valence-electron chi connectivity index (χ3n) is 3.80. The van der Waals surface area contributed by atoms with Crippen LogP contribution in [0, 0.1) is 12.7 Å². The SMILES string of the molecule is Cc1c(Cl)cccc1N(CCNC(=O)Cc1cccc(F)c1)S(C)(=O)=O. The van der Waals surface area contributed by atoms with Crippen molar-refractivity contribution in [2.24, 2.45) is 0 Å². The lowest BCUT2D eigenvalue weighted by Crippen LogP contribution is -2.39. The summed E-state index contributed by atoms with van der Waals surface area (Å²) in [5.74, 6) is -0.721. The van der Waals surface area contributed by atoms with Gasteiger partial charge in [-0.3, -0.25) is 9.10 Å². The van der Waals surface area contributed by atoms with Crippen LogP contribution in [0.5, 0.6) is 0 Å². The maximum Gasteiger partial charge on any atom is 0.232 e. The molecule has 0 aliphatic rings. The van der Waals surface area contributed by atoms with Crippen LogP contribution in [0.3, 0.4) is 0 Å². The molecule has 2 rings (SSSR count). The van der Waals surface area contributed by atoms with Crippen LogP contribution in [0.4, 0.5) is 10.1 Å². The predicted molar refractivity (Wildman–Crippen MR) is 101 cm³/mol. The Morgan fingerprint density at radius 3 is 2.58 bits per heavy atom. The summed E-state index contributed by atoms with van der Waals surface area (Å²) in [7, 11) is -3.55. The van der Waals surface area contributed by atoms with Crippen LogP contribution in [0.25, 0.3) is 0 Å². The number of carbonyl (C=O) groups is 1. The summed E-state index contributed by atoms with van der Waals surface area (Å²) < 4.78 is 38.6. The van der Waals surface area contributed by atoms with E-state index in [0.717, 1.165) is 6.26 Å². The van der Waals surface area contributed by atoms with E-state index in [9.17, 15) is 17.6 Å². The minimum atomic E-state index is -3.55. The number of hydrogen-bond acceptors (Lipinski definition) is 3. The van der Waals surface area contributed by atoms with Crippen LogP contribution < -0.4 is 9.62 Å². The maximum atomic E-state index is 13.1. The molecule has 0 saturated heterocycles. The largest absolute Gasteiger partial charge is 0.354 e.